The Bertz CT molecular complexity index is 1040. The lowest BCUT2D eigenvalue weighted by molar-refractivity contribution is -0.129. The van der Waals surface area contributed by atoms with Crippen LogP contribution in [0.25, 0.3) is 11.1 Å². The van der Waals surface area contributed by atoms with Gasteiger partial charge in [0.2, 0.25) is 5.91 Å². The number of rotatable bonds is 8. The normalized spacial score (nSPS) is 10.1. The highest BCUT2D eigenvalue weighted by Crippen LogP contribution is 2.29. The van der Waals surface area contributed by atoms with Gasteiger partial charge >= 0.3 is 0 Å². The number of nitrogens with one attached hydrogen (secondary N) is 2. The predicted octanol–water partition coefficient (Wildman–Crippen LogP) is 3.14. The molecule has 3 aromatic rings. The molecule has 2 amide bonds. The molecule has 0 bridgehead atoms. The largest absolute Gasteiger partial charge is 0.497 e. The van der Waals surface area contributed by atoms with Crippen LogP contribution in [0.15, 0.2) is 72.8 Å². The summed E-state index contributed by atoms with van der Waals surface area (Å²) < 4.78 is 16.1. The molecular weight excluding hydrogens is 396 g/mol. The molecule has 0 heterocycles. The highest BCUT2D eigenvalue weighted by atomic mass is 16.5. The molecule has 31 heavy (non-hydrogen) atoms. The van der Waals surface area contributed by atoms with Crippen LogP contribution in [0.3, 0.4) is 0 Å². The molecule has 0 atom stereocenters. The minimum atomic E-state index is -0.474. The first-order chi connectivity index (χ1) is 15.1. The van der Waals surface area contributed by atoms with Gasteiger partial charge in [-0.05, 0) is 17.7 Å². The van der Waals surface area contributed by atoms with Crippen LogP contribution >= 0.6 is 0 Å². The SMILES string of the molecule is COc1ccc(CC(=O)NNC(=O)COc2ccccc2-c2ccccc2)c(OC)c1. The molecule has 0 aliphatic carbocycles. The van der Waals surface area contributed by atoms with E-state index >= 15 is 0 Å². The first-order valence-corrected chi connectivity index (χ1v) is 9.66. The minimum absolute atomic E-state index is 0.0329. The zero-order valence-electron chi connectivity index (χ0n) is 17.4. The topological polar surface area (TPSA) is 85.9 Å². The molecule has 0 saturated heterocycles. The maximum atomic E-state index is 12.2. The second-order valence-corrected chi connectivity index (χ2v) is 6.60. The van der Waals surface area contributed by atoms with Gasteiger partial charge in [0, 0.05) is 17.2 Å². The summed E-state index contributed by atoms with van der Waals surface area (Å²) in [7, 11) is 3.07. The lowest BCUT2D eigenvalue weighted by Gasteiger charge is -2.13. The van der Waals surface area contributed by atoms with Crippen LogP contribution in [-0.2, 0) is 16.0 Å². The van der Waals surface area contributed by atoms with Gasteiger partial charge < -0.3 is 14.2 Å². The van der Waals surface area contributed by atoms with Crippen LogP contribution in [0.5, 0.6) is 17.2 Å². The van der Waals surface area contributed by atoms with E-state index in [2.05, 4.69) is 10.9 Å². The van der Waals surface area contributed by atoms with Crippen LogP contribution < -0.4 is 25.1 Å². The van der Waals surface area contributed by atoms with Gasteiger partial charge in [0.1, 0.15) is 17.2 Å². The second kappa shape index (κ2) is 10.7. The Balaban J connectivity index is 1.52. The van der Waals surface area contributed by atoms with E-state index in [1.807, 2.05) is 48.5 Å². The molecule has 2 N–H and O–H groups in total. The maximum Gasteiger partial charge on any atom is 0.276 e. The van der Waals surface area contributed by atoms with Crippen LogP contribution in [0.1, 0.15) is 5.56 Å². The Morgan fingerprint density at radius 3 is 2.23 bits per heavy atom. The zero-order valence-corrected chi connectivity index (χ0v) is 17.4. The van der Waals surface area contributed by atoms with Crippen molar-refractivity contribution in [1.82, 2.24) is 10.9 Å². The molecule has 0 aliphatic rings. The molecule has 0 aliphatic heterocycles. The van der Waals surface area contributed by atoms with Gasteiger partial charge in [-0.25, -0.2) is 0 Å². The molecule has 0 spiro atoms. The van der Waals surface area contributed by atoms with Crippen LogP contribution in [0, 0.1) is 0 Å². The average molecular weight is 420 g/mol. The fourth-order valence-corrected chi connectivity index (χ4v) is 2.98. The number of amides is 2. The molecule has 160 valence electrons. The van der Waals surface area contributed by atoms with Gasteiger partial charge in [-0.3, -0.25) is 20.4 Å². The quantitative estimate of drug-likeness (QED) is 0.547. The van der Waals surface area contributed by atoms with E-state index in [-0.39, 0.29) is 18.9 Å². The van der Waals surface area contributed by atoms with E-state index in [0.29, 0.717) is 22.8 Å². The van der Waals surface area contributed by atoms with Gasteiger partial charge in [-0.1, -0.05) is 54.6 Å². The third kappa shape index (κ3) is 5.99. The number of hydrazine groups is 1. The second-order valence-electron chi connectivity index (χ2n) is 6.60. The summed E-state index contributed by atoms with van der Waals surface area (Å²) in [6.07, 6.45) is 0.0329. The van der Waals surface area contributed by atoms with Gasteiger partial charge in [-0.15, -0.1) is 0 Å². The van der Waals surface area contributed by atoms with Crippen LogP contribution in [0.4, 0.5) is 0 Å². The van der Waals surface area contributed by atoms with Crippen molar-refractivity contribution in [2.75, 3.05) is 20.8 Å². The number of para-hydroxylation sites is 1. The number of ether oxygens (including phenoxy) is 3. The highest BCUT2D eigenvalue weighted by Gasteiger charge is 2.12. The summed E-state index contributed by atoms with van der Waals surface area (Å²) in [5.74, 6) is 0.876. The van der Waals surface area contributed by atoms with Crippen molar-refractivity contribution >= 4 is 11.8 Å². The summed E-state index contributed by atoms with van der Waals surface area (Å²) in [6.45, 7) is -0.240. The van der Waals surface area contributed by atoms with Crippen LogP contribution in [0.2, 0.25) is 0 Å². The molecule has 3 rings (SSSR count). The fourth-order valence-electron chi connectivity index (χ4n) is 2.98. The Hall–Kier alpha value is -4.00. The summed E-state index contributed by atoms with van der Waals surface area (Å²) in [4.78, 5) is 24.3. The standard InChI is InChI=1S/C24H24N2O5/c1-29-19-13-12-18(22(15-19)30-2)14-23(27)25-26-24(28)16-31-21-11-7-6-10-20(21)17-8-4-3-5-9-17/h3-13,15H,14,16H2,1-2H3,(H,25,27)(H,26,28). The third-order valence-electron chi connectivity index (χ3n) is 4.52. The van der Waals surface area contributed by atoms with Gasteiger partial charge in [0.25, 0.3) is 5.91 Å². The smallest absolute Gasteiger partial charge is 0.276 e. The Kier molecular flexibility index (Phi) is 7.48. The molecule has 0 aromatic heterocycles. The van der Waals surface area contributed by atoms with E-state index in [0.717, 1.165) is 11.1 Å². The molecule has 0 unspecified atom stereocenters. The average Bonchev–Trinajstić information content (AvgIpc) is 2.82. The molecule has 3 aromatic carbocycles. The van der Waals surface area contributed by atoms with Crippen molar-refractivity contribution in [3.8, 4) is 28.4 Å². The number of benzene rings is 3. The summed E-state index contributed by atoms with van der Waals surface area (Å²) in [5.41, 5.74) is 7.29. The third-order valence-corrected chi connectivity index (χ3v) is 4.52. The van der Waals surface area contributed by atoms with Gasteiger partial charge in [-0.2, -0.15) is 0 Å². The molecule has 0 fully saturated rings. The van der Waals surface area contributed by atoms with E-state index < -0.39 is 5.91 Å². The number of hydrogen-bond donors (Lipinski definition) is 2. The van der Waals surface area contributed by atoms with Crippen LogP contribution in [-0.4, -0.2) is 32.6 Å². The van der Waals surface area contributed by atoms with E-state index in [1.165, 1.54) is 7.11 Å². The van der Waals surface area contributed by atoms with Crippen molar-refractivity contribution in [3.05, 3.63) is 78.4 Å². The Morgan fingerprint density at radius 2 is 1.48 bits per heavy atom. The minimum Gasteiger partial charge on any atom is -0.497 e. The van der Waals surface area contributed by atoms with Crippen molar-refractivity contribution in [2.45, 2.75) is 6.42 Å². The van der Waals surface area contributed by atoms with Crippen molar-refractivity contribution in [2.24, 2.45) is 0 Å². The summed E-state index contributed by atoms with van der Waals surface area (Å²) in [5, 5.41) is 0. The summed E-state index contributed by atoms with van der Waals surface area (Å²) >= 11 is 0. The van der Waals surface area contributed by atoms with Crippen molar-refractivity contribution in [3.63, 3.8) is 0 Å². The monoisotopic (exact) mass is 420 g/mol. The highest BCUT2D eigenvalue weighted by molar-refractivity contribution is 5.84. The predicted molar refractivity (Wildman–Crippen MR) is 117 cm³/mol. The molecule has 0 saturated carbocycles. The van der Waals surface area contributed by atoms with Crippen molar-refractivity contribution in [1.29, 1.82) is 0 Å². The molecule has 7 nitrogen and oxygen atoms in total. The number of methoxy groups -OCH3 is 2. The van der Waals surface area contributed by atoms with E-state index in [4.69, 9.17) is 14.2 Å². The Labute approximate surface area is 180 Å². The van der Waals surface area contributed by atoms with Gasteiger partial charge in [0.15, 0.2) is 6.61 Å². The lowest BCUT2D eigenvalue weighted by atomic mass is 10.1. The summed E-state index contributed by atoms with van der Waals surface area (Å²) in [6, 6.07) is 22.4. The Morgan fingerprint density at radius 1 is 0.774 bits per heavy atom. The first-order valence-electron chi connectivity index (χ1n) is 9.66. The van der Waals surface area contributed by atoms with Crippen molar-refractivity contribution < 1.29 is 23.8 Å². The lowest BCUT2D eigenvalue weighted by Crippen LogP contribution is -2.44. The number of carbonyl (C=O) groups excluding carboxylic acids is 2. The molecular formula is C24H24N2O5. The first kappa shape index (κ1) is 21.7. The van der Waals surface area contributed by atoms with Gasteiger partial charge in [0.05, 0.1) is 20.6 Å². The number of hydrogen-bond acceptors (Lipinski definition) is 5. The van der Waals surface area contributed by atoms with E-state index in [1.54, 1.807) is 31.4 Å². The number of carbonyl (C=O) groups is 2. The zero-order chi connectivity index (χ0) is 22.1. The molecule has 0 radical (unpaired) electrons. The molecule has 7 heteroatoms. The fraction of sp³-hybridized carbons (Fsp3) is 0.167. The maximum absolute atomic E-state index is 12.2. The van der Waals surface area contributed by atoms with E-state index in [9.17, 15) is 9.59 Å².